The molecule has 0 aliphatic heterocycles. The molecule has 0 unspecified atom stereocenters. The highest BCUT2D eigenvalue weighted by molar-refractivity contribution is 7.90. The molecule has 0 atom stereocenters. The Hall–Kier alpha value is -1.85. The van der Waals surface area contributed by atoms with Crippen molar-refractivity contribution in [2.45, 2.75) is 24.9 Å². The highest BCUT2D eigenvalue weighted by atomic mass is 32.2. The maximum atomic E-state index is 11.4. The van der Waals surface area contributed by atoms with Crippen molar-refractivity contribution < 1.29 is 8.42 Å². The molecule has 0 amide bonds. The van der Waals surface area contributed by atoms with Crippen molar-refractivity contribution in [1.82, 2.24) is 5.32 Å². The number of nitrogens with two attached hydrogens (primary N) is 1. The Kier molecular flexibility index (Phi) is 4.65. The summed E-state index contributed by atoms with van der Waals surface area (Å²) in [4.78, 5) is 0.345. The number of hydrogen-bond donors (Lipinski definition) is 2. The molecule has 3 N–H and O–H groups in total. The predicted octanol–water partition coefficient (Wildman–Crippen LogP) is 2.27. The highest BCUT2D eigenvalue weighted by Crippen LogP contribution is 2.13. The Morgan fingerprint density at radius 2 is 1.57 bits per heavy atom. The lowest BCUT2D eigenvalue weighted by Gasteiger charge is -2.08. The smallest absolute Gasteiger partial charge is 0.175 e. The van der Waals surface area contributed by atoms with Crippen LogP contribution in [0.4, 0.5) is 5.69 Å². The van der Waals surface area contributed by atoms with Gasteiger partial charge in [-0.25, -0.2) is 8.42 Å². The second kappa shape index (κ2) is 6.28. The number of nitrogen functional groups attached to an aromatic ring is 1. The summed E-state index contributed by atoms with van der Waals surface area (Å²) in [6, 6.07) is 12.9. The molecular formula is C16H20N2O2S. The minimum absolute atomic E-state index is 0.345. The van der Waals surface area contributed by atoms with Crippen molar-refractivity contribution in [2.24, 2.45) is 0 Å². The first-order chi connectivity index (χ1) is 9.86. The third kappa shape index (κ3) is 4.31. The van der Waals surface area contributed by atoms with Crippen LogP contribution in [0.3, 0.4) is 0 Å². The lowest BCUT2D eigenvalue weighted by Crippen LogP contribution is -2.13. The van der Waals surface area contributed by atoms with Crippen molar-refractivity contribution >= 4 is 15.5 Å². The molecule has 5 heteroatoms. The van der Waals surface area contributed by atoms with E-state index in [-0.39, 0.29) is 0 Å². The second-order valence-electron chi connectivity index (χ2n) is 5.21. The van der Waals surface area contributed by atoms with Gasteiger partial charge >= 0.3 is 0 Å². The van der Waals surface area contributed by atoms with Crippen LogP contribution in [0.2, 0.25) is 0 Å². The highest BCUT2D eigenvalue weighted by Gasteiger charge is 2.05. The van der Waals surface area contributed by atoms with Gasteiger partial charge in [0, 0.05) is 25.0 Å². The Bertz CT molecular complexity index is 722. The summed E-state index contributed by atoms with van der Waals surface area (Å²) in [5.74, 6) is 0. The van der Waals surface area contributed by atoms with E-state index in [0.717, 1.165) is 28.9 Å². The number of rotatable bonds is 5. The Morgan fingerprint density at radius 3 is 2.14 bits per heavy atom. The summed E-state index contributed by atoms with van der Waals surface area (Å²) in [5.41, 5.74) is 9.93. The van der Waals surface area contributed by atoms with Gasteiger partial charge in [-0.05, 0) is 41.8 Å². The summed E-state index contributed by atoms with van der Waals surface area (Å²) in [6.45, 7) is 3.38. The van der Waals surface area contributed by atoms with Gasteiger partial charge in [-0.3, -0.25) is 0 Å². The van der Waals surface area contributed by atoms with Crippen molar-refractivity contribution in [3.63, 3.8) is 0 Å². The van der Waals surface area contributed by atoms with Crippen LogP contribution in [-0.4, -0.2) is 14.7 Å². The third-order valence-electron chi connectivity index (χ3n) is 3.35. The Labute approximate surface area is 125 Å². The normalized spacial score (nSPS) is 11.5. The summed E-state index contributed by atoms with van der Waals surface area (Å²) < 4.78 is 22.8. The largest absolute Gasteiger partial charge is 0.399 e. The topological polar surface area (TPSA) is 72.2 Å². The molecule has 4 nitrogen and oxygen atoms in total. The lowest BCUT2D eigenvalue weighted by molar-refractivity contribution is 0.602. The van der Waals surface area contributed by atoms with Gasteiger partial charge < -0.3 is 11.1 Å². The standard InChI is InChI=1S/C16H20N2O2S/c1-12-3-4-14(9-16(12)17)11-18-10-13-5-7-15(8-6-13)21(2,19)20/h3-9,18H,10-11,17H2,1-2H3. The van der Waals surface area contributed by atoms with Crippen LogP contribution in [0, 0.1) is 6.92 Å². The molecule has 0 aliphatic rings. The van der Waals surface area contributed by atoms with Crippen molar-refractivity contribution in [3.8, 4) is 0 Å². The van der Waals surface area contributed by atoms with E-state index >= 15 is 0 Å². The van der Waals surface area contributed by atoms with Crippen LogP contribution >= 0.6 is 0 Å². The first-order valence-corrected chi connectivity index (χ1v) is 8.60. The van der Waals surface area contributed by atoms with Gasteiger partial charge in [-0.15, -0.1) is 0 Å². The number of aryl methyl sites for hydroxylation is 1. The quantitative estimate of drug-likeness (QED) is 0.831. The molecule has 0 fully saturated rings. The Balaban J connectivity index is 1.93. The van der Waals surface area contributed by atoms with Crippen molar-refractivity contribution in [3.05, 3.63) is 59.2 Å². The maximum Gasteiger partial charge on any atom is 0.175 e. The average Bonchev–Trinajstić information content (AvgIpc) is 2.42. The van der Waals surface area contributed by atoms with Crippen LogP contribution in [0.5, 0.6) is 0 Å². The number of hydrogen-bond acceptors (Lipinski definition) is 4. The fourth-order valence-electron chi connectivity index (χ4n) is 2.01. The first-order valence-electron chi connectivity index (χ1n) is 6.71. The molecule has 0 saturated carbocycles. The monoisotopic (exact) mass is 304 g/mol. The lowest BCUT2D eigenvalue weighted by atomic mass is 10.1. The molecule has 0 saturated heterocycles. The van der Waals surface area contributed by atoms with E-state index < -0.39 is 9.84 Å². The number of benzene rings is 2. The fourth-order valence-corrected chi connectivity index (χ4v) is 2.64. The zero-order chi connectivity index (χ0) is 15.5. The Morgan fingerprint density at radius 1 is 1.00 bits per heavy atom. The van der Waals surface area contributed by atoms with Crippen molar-refractivity contribution in [1.29, 1.82) is 0 Å². The molecule has 21 heavy (non-hydrogen) atoms. The molecule has 2 rings (SSSR count). The number of anilines is 1. The number of nitrogens with one attached hydrogen (secondary N) is 1. The van der Waals surface area contributed by atoms with Crippen LogP contribution in [0.15, 0.2) is 47.4 Å². The molecule has 0 aliphatic carbocycles. The van der Waals surface area contributed by atoms with E-state index in [4.69, 9.17) is 5.73 Å². The van der Waals surface area contributed by atoms with Crippen LogP contribution in [-0.2, 0) is 22.9 Å². The van der Waals surface area contributed by atoms with E-state index in [2.05, 4.69) is 5.32 Å². The van der Waals surface area contributed by atoms with Crippen LogP contribution < -0.4 is 11.1 Å². The average molecular weight is 304 g/mol. The molecule has 0 heterocycles. The minimum atomic E-state index is -3.13. The van der Waals surface area contributed by atoms with Gasteiger partial charge in [0.1, 0.15) is 0 Å². The zero-order valence-electron chi connectivity index (χ0n) is 12.3. The molecule has 0 radical (unpaired) electrons. The SMILES string of the molecule is Cc1ccc(CNCc2ccc(S(C)(=O)=O)cc2)cc1N. The predicted molar refractivity (Wildman–Crippen MR) is 85.7 cm³/mol. The van der Waals surface area contributed by atoms with E-state index in [1.54, 1.807) is 12.1 Å². The molecule has 0 bridgehead atoms. The summed E-state index contributed by atoms with van der Waals surface area (Å²) >= 11 is 0. The van der Waals surface area contributed by atoms with Crippen LogP contribution in [0.1, 0.15) is 16.7 Å². The molecule has 0 aromatic heterocycles. The minimum Gasteiger partial charge on any atom is -0.399 e. The first kappa shape index (κ1) is 15.5. The zero-order valence-corrected chi connectivity index (χ0v) is 13.1. The molecule has 2 aromatic rings. The van der Waals surface area contributed by atoms with Gasteiger partial charge in [0.15, 0.2) is 9.84 Å². The van der Waals surface area contributed by atoms with Gasteiger partial charge in [0.2, 0.25) is 0 Å². The van der Waals surface area contributed by atoms with Crippen molar-refractivity contribution in [2.75, 3.05) is 12.0 Å². The molecule has 2 aromatic carbocycles. The van der Waals surface area contributed by atoms with E-state index in [0.29, 0.717) is 11.4 Å². The summed E-state index contributed by atoms with van der Waals surface area (Å²) in [5, 5.41) is 3.32. The van der Waals surface area contributed by atoms with Gasteiger partial charge in [-0.2, -0.15) is 0 Å². The fraction of sp³-hybridized carbons (Fsp3) is 0.250. The van der Waals surface area contributed by atoms with E-state index in [9.17, 15) is 8.42 Å². The summed E-state index contributed by atoms with van der Waals surface area (Å²) in [7, 11) is -3.13. The maximum absolute atomic E-state index is 11.4. The van der Waals surface area contributed by atoms with Gasteiger partial charge in [0.25, 0.3) is 0 Å². The molecule has 0 spiro atoms. The van der Waals surface area contributed by atoms with Gasteiger partial charge in [-0.1, -0.05) is 24.3 Å². The van der Waals surface area contributed by atoms with E-state index in [1.807, 2.05) is 37.3 Å². The third-order valence-corrected chi connectivity index (χ3v) is 4.48. The molecule has 112 valence electrons. The number of sulfone groups is 1. The van der Waals surface area contributed by atoms with E-state index in [1.165, 1.54) is 6.26 Å². The second-order valence-corrected chi connectivity index (χ2v) is 7.23. The van der Waals surface area contributed by atoms with Crippen LogP contribution in [0.25, 0.3) is 0 Å². The summed E-state index contributed by atoms with van der Waals surface area (Å²) in [6.07, 6.45) is 1.21. The molecular weight excluding hydrogens is 284 g/mol. The van der Waals surface area contributed by atoms with Gasteiger partial charge in [0.05, 0.1) is 4.90 Å².